The van der Waals surface area contributed by atoms with Crippen molar-refractivity contribution in [3.8, 4) is 11.5 Å². The molecule has 2 aromatic carbocycles. The summed E-state index contributed by atoms with van der Waals surface area (Å²) in [5.41, 5.74) is 0.844. The zero-order valence-corrected chi connectivity index (χ0v) is 15.3. The summed E-state index contributed by atoms with van der Waals surface area (Å²) in [6.45, 7) is 1.24. The second-order valence-corrected chi connectivity index (χ2v) is 6.64. The average molecular weight is 398 g/mol. The summed E-state index contributed by atoms with van der Waals surface area (Å²) in [4.78, 5) is 36.5. The third-order valence-electron chi connectivity index (χ3n) is 4.61. The van der Waals surface area contributed by atoms with Gasteiger partial charge in [-0.3, -0.25) is 14.9 Å². The SMILES string of the molecule is O=C(Nc1cccc([N+](=O)[O-])c1)NC1CC(=O)N(c2ccc3c(c2)OCCO3)C1. The molecule has 0 bridgehead atoms. The molecule has 10 heteroatoms. The molecule has 2 heterocycles. The molecule has 0 radical (unpaired) electrons. The third kappa shape index (κ3) is 4.05. The van der Waals surface area contributed by atoms with E-state index in [1.807, 2.05) is 0 Å². The highest BCUT2D eigenvalue weighted by molar-refractivity contribution is 5.98. The van der Waals surface area contributed by atoms with Crippen LogP contribution in [0.2, 0.25) is 0 Å². The van der Waals surface area contributed by atoms with Gasteiger partial charge in [-0.1, -0.05) is 6.07 Å². The zero-order chi connectivity index (χ0) is 20.4. The molecule has 1 atom stereocenters. The molecule has 1 saturated heterocycles. The summed E-state index contributed by atoms with van der Waals surface area (Å²) < 4.78 is 11.0. The highest BCUT2D eigenvalue weighted by Crippen LogP contribution is 2.35. The van der Waals surface area contributed by atoms with Crippen LogP contribution in [0.15, 0.2) is 42.5 Å². The van der Waals surface area contributed by atoms with Gasteiger partial charge in [0.1, 0.15) is 13.2 Å². The third-order valence-corrected chi connectivity index (χ3v) is 4.61. The lowest BCUT2D eigenvalue weighted by Crippen LogP contribution is -2.39. The van der Waals surface area contributed by atoms with Crippen LogP contribution in [0.3, 0.4) is 0 Å². The number of non-ortho nitro benzene ring substituents is 1. The van der Waals surface area contributed by atoms with E-state index >= 15 is 0 Å². The standard InChI is InChI=1S/C19H18N4O6/c24-18-9-13(21-19(25)20-12-2-1-3-15(8-12)23(26)27)11-22(18)14-4-5-16-17(10-14)29-7-6-28-16/h1-5,8,10,13H,6-7,9,11H2,(H2,20,21,25). The fraction of sp³-hybridized carbons (Fsp3) is 0.263. The fourth-order valence-electron chi connectivity index (χ4n) is 3.30. The van der Waals surface area contributed by atoms with Crippen LogP contribution in [0.4, 0.5) is 21.9 Å². The number of nitro groups is 1. The van der Waals surface area contributed by atoms with Crippen molar-refractivity contribution in [3.63, 3.8) is 0 Å². The Kier molecular flexibility index (Phi) is 4.90. The summed E-state index contributed by atoms with van der Waals surface area (Å²) in [6, 6.07) is 9.98. The van der Waals surface area contributed by atoms with Crippen LogP contribution in [0.25, 0.3) is 0 Å². The Bertz CT molecular complexity index is 979. The van der Waals surface area contributed by atoms with E-state index in [0.29, 0.717) is 42.6 Å². The van der Waals surface area contributed by atoms with E-state index in [-0.39, 0.29) is 18.0 Å². The van der Waals surface area contributed by atoms with Gasteiger partial charge in [0.2, 0.25) is 5.91 Å². The lowest BCUT2D eigenvalue weighted by molar-refractivity contribution is -0.384. The van der Waals surface area contributed by atoms with Gasteiger partial charge in [0.05, 0.1) is 11.0 Å². The highest BCUT2D eigenvalue weighted by atomic mass is 16.6. The number of nitrogens with one attached hydrogen (secondary N) is 2. The second-order valence-electron chi connectivity index (χ2n) is 6.64. The van der Waals surface area contributed by atoms with Crippen molar-refractivity contribution in [2.45, 2.75) is 12.5 Å². The number of ether oxygens (including phenoxy) is 2. The number of fused-ring (bicyclic) bond motifs is 1. The monoisotopic (exact) mass is 398 g/mol. The van der Waals surface area contributed by atoms with Gasteiger partial charge in [0.15, 0.2) is 11.5 Å². The van der Waals surface area contributed by atoms with Crippen LogP contribution >= 0.6 is 0 Å². The van der Waals surface area contributed by atoms with E-state index < -0.39 is 17.0 Å². The van der Waals surface area contributed by atoms with Gasteiger partial charge < -0.3 is 25.0 Å². The molecule has 150 valence electrons. The minimum absolute atomic E-state index is 0.122. The Morgan fingerprint density at radius 1 is 1.14 bits per heavy atom. The Morgan fingerprint density at radius 3 is 2.72 bits per heavy atom. The molecule has 29 heavy (non-hydrogen) atoms. The van der Waals surface area contributed by atoms with E-state index in [0.717, 1.165) is 0 Å². The number of carbonyl (C=O) groups is 2. The van der Waals surface area contributed by atoms with Crippen LogP contribution < -0.4 is 25.0 Å². The van der Waals surface area contributed by atoms with Gasteiger partial charge in [-0.05, 0) is 18.2 Å². The van der Waals surface area contributed by atoms with E-state index in [1.165, 1.54) is 18.2 Å². The topological polar surface area (TPSA) is 123 Å². The summed E-state index contributed by atoms with van der Waals surface area (Å²) in [5.74, 6) is 1.10. The predicted molar refractivity (Wildman–Crippen MR) is 103 cm³/mol. The maximum Gasteiger partial charge on any atom is 0.319 e. The van der Waals surface area contributed by atoms with E-state index in [2.05, 4.69) is 10.6 Å². The summed E-state index contributed by atoms with van der Waals surface area (Å²) >= 11 is 0. The van der Waals surface area contributed by atoms with Gasteiger partial charge in [0, 0.05) is 42.5 Å². The molecule has 1 fully saturated rings. The van der Waals surface area contributed by atoms with Crippen LogP contribution in [-0.4, -0.2) is 42.7 Å². The maximum atomic E-state index is 12.4. The number of carbonyl (C=O) groups excluding carboxylic acids is 2. The Morgan fingerprint density at radius 2 is 1.93 bits per heavy atom. The van der Waals surface area contributed by atoms with Crippen molar-refractivity contribution in [1.82, 2.24) is 5.32 Å². The molecule has 2 N–H and O–H groups in total. The minimum Gasteiger partial charge on any atom is -0.486 e. The molecule has 0 aromatic heterocycles. The lowest BCUT2D eigenvalue weighted by Gasteiger charge is -2.22. The summed E-state index contributed by atoms with van der Waals surface area (Å²) in [6.07, 6.45) is 0.150. The molecular weight excluding hydrogens is 380 g/mol. The lowest BCUT2D eigenvalue weighted by atomic mass is 10.2. The Labute approximate surface area is 165 Å². The van der Waals surface area contributed by atoms with Crippen molar-refractivity contribution in [2.75, 3.05) is 30.0 Å². The molecule has 2 aliphatic rings. The van der Waals surface area contributed by atoms with Crippen LogP contribution in [0, 0.1) is 10.1 Å². The fourth-order valence-corrected chi connectivity index (χ4v) is 3.30. The maximum absolute atomic E-state index is 12.4. The largest absolute Gasteiger partial charge is 0.486 e. The molecule has 3 amide bonds. The molecular formula is C19H18N4O6. The highest BCUT2D eigenvalue weighted by Gasteiger charge is 2.32. The zero-order valence-electron chi connectivity index (χ0n) is 15.3. The molecule has 2 aromatic rings. The predicted octanol–water partition coefficient (Wildman–Crippen LogP) is 2.29. The number of nitrogens with zero attached hydrogens (tertiary/aromatic N) is 2. The molecule has 2 aliphatic heterocycles. The quantitative estimate of drug-likeness (QED) is 0.602. The molecule has 0 saturated carbocycles. The molecule has 0 aliphatic carbocycles. The number of hydrogen-bond acceptors (Lipinski definition) is 6. The number of anilines is 2. The van der Waals surface area contributed by atoms with Crippen molar-refractivity contribution >= 4 is 29.0 Å². The molecule has 0 spiro atoms. The van der Waals surface area contributed by atoms with Crippen molar-refractivity contribution < 1.29 is 24.0 Å². The van der Waals surface area contributed by atoms with E-state index in [9.17, 15) is 19.7 Å². The molecule has 1 unspecified atom stereocenters. The van der Waals surface area contributed by atoms with Crippen molar-refractivity contribution in [3.05, 3.63) is 52.6 Å². The Balaban J connectivity index is 1.39. The first-order chi connectivity index (χ1) is 14.0. The van der Waals surface area contributed by atoms with Gasteiger partial charge >= 0.3 is 6.03 Å². The van der Waals surface area contributed by atoms with Crippen LogP contribution in [-0.2, 0) is 4.79 Å². The number of amides is 3. The minimum atomic E-state index is -0.538. The number of urea groups is 1. The number of rotatable bonds is 4. The first kappa shape index (κ1) is 18.5. The van der Waals surface area contributed by atoms with Crippen molar-refractivity contribution in [1.29, 1.82) is 0 Å². The molecule has 10 nitrogen and oxygen atoms in total. The Hall–Kier alpha value is -3.82. The van der Waals surface area contributed by atoms with Crippen LogP contribution in [0.1, 0.15) is 6.42 Å². The van der Waals surface area contributed by atoms with Crippen LogP contribution in [0.5, 0.6) is 11.5 Å². The first-order valence-corrected chi connectivity index (χ1v) is 9.01. The number of hydrogen-bond donors (Lipinski definition) is 2. The van der Waals surface area contributed by atoms with E-state index in [4.69, 9.17) is 9.47 Å². The average Bonchev–Trinajstić information content (AvgIpc) is 3.07. The van der Waals surface area contributed by atoms with Gasteiger partial charge in [-0.15, -0.1) is 0 Å². The molecule has 4 rings (SSSR count). The normalized spacial score (nSPS) is 17.7. The number of benzene rings is 2. The van der Waals surface area contributed by atoms with Gasteiger partial charge in [0.25, 0.3) is 5.69 Å². The van der Waals surface area contributed by atoms with Gasteiger partial charge in [-0.2, -0.15) is 0 Å². The van der Waals surface area contributed by atoms with Gasteiger partial charge in [-0.25, -0.2) is 4.79 Å². The summed E-state index contributed by atoms with van der Waals surface area (Å²) in [5, 5.41) is 16.1. The summed E-state index contributed by atoms with van der Waals surface area (Å²) in [7, 11) is 0. The smallest absolute Gasteiger partial charge is 0.319 e. The number of nitro benzene ring substituents is 1. The van der Waals surface area contributed by atoms with Crippen molar-refractivity contribution in [2.24, 2.45) is 0 Å². The van der Waals surface area contributed by atoms with E-state index in [1.54, 1.807) is 29.2 Å². The first-order valence-electron chi connectivity index (χ1n) is 9.01. The second kappa shape index (κ2) is 7.66.